The summed E-state index contributed by atoms with van der Waals surface area (Å²) < 4.78 is 7.89. The molecule has 0 saturated carbocycles. The topological polar surface area (TPSA) is 68.5 Å². The number of hydrogen-bond acceptors (Lipinski definition) is 5. The van der Waals surface area contributed by atoms with Crippen molar-refractivity contribution in [3.05, 3.63) is 0 Å². The third-order valence-electron chi connectivity index (χ3n) is 5.04. The van der Waals surface area contributed by atoms with Gasteiger partial charge in [-0.25, -0.2) is 9.37 Å². The minimum absolute atomic E-state index is 0.172. The van der Waals surface area contributed by atoms with Gasteiger partial charge in [0, 0.05) is 27.2 Å². The fraction of sp³-hybridized carbons (Fsp3) is 0.778. The zero-order valence-electron chi connectivity index (χ0n) is 16.6. The molecule has 3 heterocycles. The van der Waals surface area contributed by atoms with E-state index in [9.17, 15) is 9.59 Å². The number of carbonyl (C=O) groups is 2. The van der Waals surface area contributed by atoms with Gasteiger partial charge in [-0.1, -0.05) is 13.8 Å². The first-order chi connectivity index (χ1) is 12.2. The van der Waals surface area contributed by atoms with Gasteiger partial charge < -0.3 is 4.74 Å². The van der Waals surface area contributed by atoms with E-state index < -0.39 is 6.04 Å². The van der Waals surface area contributed by atoms with Crippen LogP contribution in [0.2, 0.25) is 0 Å². The summed E-state index contributed by atoms with van der Waals surface area (Å²) in [6, 6.07) is -0.833. The number of nitrogens with zero attached hydrogens (tertiary/aromatic N) is 5. The van der Waals surface area contributed by atoms with Crippen molar-refractivity contribution < 1.29 is 18.9 Å². The molecule has 0 aromatic carbocycles. The molecule has 0 radical (unpaired) electrons. The molecular formula is C18H30N5O3+. The van der Waals surface area contributed by atoms with Crippen LogP contribution in [-0.4, -0.2) is 101 Å². The molecule has 0 aromatic rings. The predicted octanol–water partition coefficient (Wildman–Crippen LogP) is 0.467. The van der Waals surface area contributed by atoms with E-state index in [4.69, 9.17) is 9.73 Å². The fourth-order valence-electron chi connectivity index (χ4n) is 3.99. The lowest BCUT2D eigenvalue weighted by Gasteiger charge is -2.34. The smallest absolute Gasteiger partial charge is 0.333 e. The molecule has 0 N–H and O–H groups in total. The number of carbonyl (C=O) groups excluding carboxylic acids is 2. The van der Waals surface area contributed by atoms with E-state index >= 15 is 0 Å². The molecular weight excluding hydrogens is 334 g/mol. The predicted molar refractivity (Wildman–Crippen MR) is 98.6 cm³/mol. The first-order valence-corrected chi connectivity index (χ1v) is 9.33. The average Bonchev–Trinajstić information content (AvgIpc) is 2.88. The van der Waals surface area contributed by atoms with Crippen LogP contribution in [0.1, 0.15) is 27.7 Å². The van der Waals surface area contributed by atoms with E-state index in [1.807, 2.05) is 0 Å². The van der Waals surface area contributed by atoms with Crippen LogP contribution < -0.4 is 0 Å². The molecule has 144 valence electrons. The Morgan fingerprint density at radius 2 is 1.77 bits per heavy atom. The molecule has 3 aliphatic heterocycles. The summed E-state index contributed by atoms with van der Waals surface area (Å²) in [4.78, 5) is 34.8. The van der Waals surface area contributed by atoms with Gasteiger partial charge in [0.2, 0.25) is 0 Å². The van der Waals surface area contributed by atoms with E-state index in [2.05, 4.69) is 37.2 Å². The van der Waals surface area contributed by atoms with Crippen molar-refractivity contribution in [2.24, 2.45) is 10.9 Å². The Labute approximate surface area is 155 Å². The van der Waals surface area contributed by atoms with Crippen molar-refractivity contribution in [2.45, 2.75) is 45.9 Å². The molecule has 8 heteroatoms. The molecule has 2 saturated heterocycles. The lowest BCUT2D eigenvalue weighted by atomic mass is 10.1. The van der Waals surface area contributed by atoms with Gasteiger partial charge in [0.15, 0.2) is 0 Å². The number of fused-ring (bicyclic) bond motifs is 1. The van der Waals surface area contributed by atoms with Gasteiger partial charge in [0.25, 0.3) is 17.8 Å². The molecule has 3 rings (SSSR count). The highest BCUT2D eigenvalue weighted by Crippen LogP contribution is 2.21. The van der Waals surface area contributed by atoms with Crippen LogP contribution in [0.5, 0.6) is 0 Å². The number of ether oxygens (including phenoxy) is 1. The van der Waals surface area contributed by atoms with Crippen LogP contribution in [0.15, 0.2) is 4.99 Å². The van der Waals surface area contributed by atoms with Gasteiger partial charge in [-0.05, 0) is 24.8 Å². The van der Waals surface area contributed by atoms with Gasteiger partial charge in [0.05, 0.1) is 18.8 Å². The summed E-state index contributed by atoms with van der Waals surface area (Å²) in [5.74, 6) is 1.58. The lowest BCUT2D eigenvalue weighted by Crippen LogP contribution is -2.61. The lowest BCUT2D eigenvalue weighted by molar-refractivity contribution is -0.542. The highest BCUT2D eigenvalue weighted by molar-refractivity contribution is 6.23. The Balaban J connectivity index is 1.92. The molecule has 3 unspecified atom stereocenters. The van der Waals surface area contributed by atoms with E-state index in [1.54, 1.807) is 7.05 Å². The molecule has 3 amide bonds. The normalized spacial score (nSPS) is 30.4. The molecule has 3 aliphatic rings. The van der Waals surface area contributed by atoms with Gasteiger partial charge in [-0.2, -0.15) is 0 Å². The van der Waals surface area contributed by atoms with Crippen molar-refractivity contribution in [3.63, 3.8) is 0 Å². The average molecular weight is 364 g/mol. The minimum atomic E-state index is -0.504. The van der Waals surface area contributed by atoms with Crippen LogP contribution in [-0.2, 0) is 9.53 Å². The zero-order valence-corrected chi connectivity index (χ0v) is 16.6. The Morgan fingerprint density at radius 1 is 1.15 bits per heavy atom. The highest BCUT2D eigenvalue weighted by Gasteiger charge is 2.53. The summed E-state index contributed by atoms with van der Waals surface area (Å²) in [7, 11) is 3.22. The maximum Gasteiger partial charge on any atom is 0.333 e. The third kappa shape index (κ3) is 3.40. The van der Waals surface area contributed by atoms with Gasteiger partial charge in [-0.15, -0.1) is 0 Å². The first-order valence-electron chi connectivity index (χ1n) is 9.33. The zero-order chi connectivity index (χ0) is 19.2. The van der Waals surface area contributed by atoms with Crippen LogP contribution >= 0.6 is 0 Å². The van der Waals surface area contributed by atoms with Crippen molar-refractivity contribution in [2.75, 3.05) is 40.3 Å². The van der Waals surface area contributed by atoms with E-state index in [0.717, 1.165) is 25.5 Å². The molecule has 26 heavy (non-hydrogen) atoms. The van der Waals surface area contributed by atoms with Crippen molar-refractivity contribution in [1.82, 2.24) is 14.7 Å². The minimum Gasteiger partial charge on any atom is -0.373 e. The maximum atomic E-state index is 12.8. The fourth-order valence-corrected chi connectivity index (χ4v) is 3.99. The second kappa shape index (κ2) is 7.08. The number of rotatable bonds is 4. The molecule has 0 spiro atoms. The Kier molecular flexibility index (Phi) is 5.16. The van der Waals surface area contributed by atoms with Crippen molar-refractivity contribution in [1.29, 1.82) is 0 Å². The summed E-state index contributed by atoms with van der Waals surface area (Å²) in [5, 5.41) is 0. The largest absolute Gasteiger partial charge is 0.373 e. The summed E-state index contributed by atoms with van der Waals surface area (Å²) in [6.07, 6.45) is 0.345. The van der Waals surface area contributed by atoms with Crippen LogP contribution in [0.25, 0.3) is 0 Å². The number of imide groups is 1. The van der Waals surface area contributed by atoms with Crippen molar-refractivity contribution >= 4 is 23.6 Å². The number of amides is 3. The van der Waals surface area contributed by atoms with Crippen LogP contribution in [0, 0.1) is 5.92 Å². The van der Waals surface area contributed by atoms with Crippen LogP contribution in [0.4, 0.5) is 4.79 Å². The summed E-state index contributed by atoms with van der Waals surface area (Å²) in [5.41, 5.74) is 0. The van der Waals surface area contributed by atoms with E-state index in [0.29, 0.717) is 18.3 Å². The molecule has 8 nitrogen and oxygen atoms in total. The maximum absolute atomic E-state index is 12.8. The number of aliphatic imine (C=N–C) groups is 1. The van der Waals surface area contributed by atoms with Crippen molar-refractivity contribution in [3.8, 4) is 0 Å². The van der Waals surface area contributed by atoms with Gasteiger partial charge in [-0.3, -0.25) is 19.5 Å². The second-order valence-electron chi connectivity index (χ2n) is 8.03. The molecule has 0 bridgehead atoms. The number of hydrogen-bond donors (Lipinski definition) is 0. The number of amidine groups is 2. The third-order valence-corrected chi connectivity index (χ3v) is 5.04. The molecule has 2 fully saturated rings. The number of likely N-dealkylation sites (N-methyl/N-ethyl adjacent to an activating group) is 2. The Morgan fingerprint density at radius 3 is 2.35 bits per heavy atom. The van der Waals surface area contributed by atoms with Gasteiger partial charge >= 0.3 is 11.9 Å². The van der Waals surface area contributed by atoms with E-state index in [1.165, 1.54) is 16.8 Å². The Bertz CT molecular complexity index is 662. The van der Waals surface area contributed by atoms with E-state index in [-0.39, 0.29) is 24.1 Å². The molecule has 3 atom stereocenters. The summed E-state index contributed by atoms with van der Waals surface area (Å²) >= 11 is 0. The monoisotopic (exact) mass is 364 g/mol. The van der Waals surface area contributed by atoms with Crippen LogP contribution in [0.3, 0.4) is 0 Å². The summed E-state index contributed by atoms with van der Waals surface area (Å²) in [6.45, 7) is 11.5. The SMILES string of the molecule is CC(C)C[N+]1=C(CN2CC(C)OC(C)C2)N=C2C1C(=O)N(C)C(=O)N2C. The Hall–Kier alpha value is -1.80. The second-order valence-corrected chi connectivity index (χ2v) is 8.03. The first kappa shape index (κ1) is 19.0. The quantitative estimate of drug-likeness (QED) is 0.680. The molecule has 0 aliphatic carbocycles. The van der Waals surface area contributed by atoms with Gasteiger partial charge in [0.1, 0.15) is 6.54 Å². The number of urea groups is 1. The highest BCUT2D eigenvalue weighted by atomic mass is 16.5. The molecule has 0 aromatic heterocycles. The number of morpholine rings is 1. The standard InChI is InChI=1S/C18H30N5O3/c1-11(2)7-23-14(10-22-8-12(3)26-13(4)9-22)19-16-15(23)17(24)21(6)18(25)20(16)5/h11-13,15H,7-10H2,1-6H3/q+1.